The molecule has 9 heteroatoms. The largest absolute Gasteiger partial charge is 0.494 e. The predicted molar refractivity (Wildman–Crippen MR) is 141 cm³/mol. The summed E-state index contributed by atoms with van der Waals surface area (Å²) in [5.41, 5.74) is 2.87. The number of hydrogen-bond acceptors (Lipinski definition) is 5. The van der Waals surface area contributed by atoms with Crippen LogP contribution in [0.1, 0.15) is 38.7 Å². The summed E-state index contributed by atoms with van der Waals surface area (Å²) >= 11 is 0. The van der Waals surface area contributed by atoms with E-state index in [1.165, 1.54) is 7.11 Å². The fourth-order valence-electron chi connectivity index (χ4n) is 4.75. The number of para-hydroxylation sites is 1. The zero-order chi connectivity index (χ0) is 26.2. The Labute approximate surface area is 212 Å². The molecule has 0 spiro atoms. The van der Waals surface area contributed by atoms with Crippen LogP contribution in [0, 0.1) is 12.8 Å². The highest BCUT2D eigenvalue weighted by Crippen LogP contribution is 2.34. The Morgan fingerprint density at radius 1 is 1.11 bits per heavy atom. The van der Waals surface area contributed by atoms with Crippen molar-refractivity contribution in [3.63, 3.8) is 0 Å². The second-order valence-electron chi connectivity index (χ2n) is 9.23. The van der Waals surface area contributed by atoms with Crippen LogP contribution in [0.3, 0.4) is 0 Å². The summed E-state index contributed by atoms with van der Waals surface area (Å²) in [5.74, 6) is -0.114. The minimum Gasteiger partial charge on any atom is -0.494 e. The third-order valence-corrected chi connectivity index (χ3v) is 6.81. The summed E-state index contributed by atoms with van der Waals surface area (Å²) in [6, 6.07) is 12.4. The molecule has 194 valence electrons. The molecule has 0 saturated carbocycles. The number of nitrogens with zero attached hydrogens (tertiary/aromatic N) is 2. The van der Waals surface area contributed by atoms with Gasteiger partial charge in [-0.05, 0) is 69.5 Å². The van der Waals surface area contributed by atoms with E-state index in [1.54, 1.807) is 24.0 Å². The van der Waals surface area contributed by atoms with E-state index in [9.17, 15) is 14.4 Å². The summed E-state index contributed by atoms with van der Waals surface area (Å²) < 4.78 is 5.54. The van der Waals surface area contributed by atoms with Crippen molar-refractivity contribution < 1.29 is 24.2 Å². The van der Waals surface area contributed by atoms with Crippen molar-refractivity contribution in [3.05, 3.63) is 48.0 Å². The molecule has 0 aromatic heterocycles. The molecular formula is C27H36N4O5. The van der Waals surface area contributed by atoms with Crippen molar-refractivity contribution in [1.29, 1.82) is 0 Å². The number of carbonyl (C=O) groups is 3. The number of carbonyl (C=O) groups excluding carboxylic acids is 2. The fraction of sp³-hybridized carbons (Fsp3) is 0.444. The van der Waals surface area contributed by atoms with E-state index >= 15 is 0 Å². The van der Waals surface area contributed by atoms with Crippen LogP contribution < -0.4 is 20.3 Å². The average Bonchev–Trinajstić information content (AvgIpc) is 2.85. The van der Waals surface area contributed by atoms with Gasteiger partial charge in [-0.15, -0.1) is 0 Å². The monoisotopic (exact) mass is 496 g/mol. The molecule has 0 aliphatic carbocycles. The molecule has 1 heterocycles. The fourth-order valence-corrected chi connectivity index (χ4v) is 4.75. The van der Waals surface area contributed by atoms with Gasteiger partial charge in [0, 0.05) is 37.0 Å². The number of methoxy groups -OCH3 is 1. The number of carboxylic acids is 1. The maximum Gasteiger partial charge on any atom is 0.323 e. The molecule has 1 aliphatic heterocycles. The van der Waals surface area contributed by atoms with Gasteiger partial charge in [0.25, 0.3) is 0 Å². The number of nitrogens with one attached hydrogen (secondary N) is 2. The third-order valence-electron chi connectivity index (χ3n) is 6.81. The highest BCUT2D eigenvalue weighted by molar-refractivity contribution is 6.01. The standard InChI is InChI=1S/C27H36N4O5/c1-18-7-5-6-8-23(18)28-27(35)29-24-10-9-22(17-25(24)36-4)31(20(3)32)19(2)21-11-14-30(15-12-21)16-13-26(33)34/h5-10,17,19,21H,11-16H2,1-4H3,(H,33,34)(H2,28,29,35). The second kappa shape index (κ2) is 12.4. The molecule has 1 saturated heterocycles. The predicted octanol–water partition coefficient (Wildman–Crippen LogP) is 4.58. The molecule has 1 aliphatic rings. The van der Waals surface area contributed by atoms with Crippen molar-refractivity contribution >= 4 is 35.0 Å². The Morgan fingerprint density at radius 2 is 1.78 bits per heavy atom. The number of benzene rings is 2. The first kappa shape index (κ1) is 27.0. The van der Waals surface area contributed by atoms with Gasteiger partial charge in [0.05, 0.1) is 19.2 Å². The van der Waals surface area contributed by atoms with Crippen LogP contribution in [0.4, 0.5) is 21.9 Å². The molecule has 3 rings (SSSR count). The van der Waals surface area contributed by atoms with Crippen molar-refractivity contribution in [1.82, 2.24) is 4.90 Å². The van der Waals surface area contributed by atoms with Crippen molar-refractivity contribution in [2.24, 2.45) is 5.92 Å². The number of aryl methyl sites for hydroxylation is 1. The minimum atomic E-state index is -0.784. The highest BCUT2D eigenvalue weighted by atomic mass is 16.5. The van der Waals surface area contributed by atoms with Crippen LogP contribution in [-0.4, -0.2) is 60.7 Å². The first-order valence-corrected chi connectivity index (χ1v) is 12.2. The Hall–Kier alpha value is -3.59. The van der Waals surface area contributed by atoms with Gasteiger partial charge in [-0.25, -0.2) is 4.79 Å². The molecule has 0 radical (unpaired) electrons. The van der Waals surface area contributed by atoms with E-state index in [0.29, 0.717) is 29.6 Å². The lowest BCUT2D eigenvalue weighted by Gasteiger charge is -2.39. The number of aliphatic carboxylic acids is 1. The molecule has 36 heavy (non-hydrogen) atoms. The van der Waals surface area contributed by atoms with E-state index in [4.69, 9.17) is 9.84 Å². The number of piperidine rings is 1. The quantitative estimate of drug-likeness (QED) is 0.469. The number of ether oxygens (including phenoxy) is 1. The van der Waals surface area contributed by atoms with Crippen molar-refractivity contribution in [2.75, 3.05) is 42.3 Å². The number of urea groups is 1. The number of anilines is 3. The zero-order valence-electron chi connectivity index (χ0n) is 21.4. The second-order valence-corrected chi connectivity index (χ2v) is 9.23. The van der Waals surface area contributed by atoms with Crippen LogP contribution in [0.15, 0.2) is 42.5 Å². The van der Waals surface area contributed by atoms with E-state index in [0.717, 1.165) is 37.2 Å². The lowest BCUT2D eigenvalue weighted by atomic mass is 9.89. The van der Waals surface area contributed by atoms with E-state index in [2.05, 4.69) is 15.5 Å². The van der Waals surface area contributed by atoms with Crippen LogP contribution in [0.5, 0.6) is 5.75 Å². The first-order valence-electron chi connectivity index (χ1n) is 12.2. The summed E-state index contributed by atoms with van der Waals surface area (Å²) in [5, 5.41) is 14.6. The molecule has 9 nitrogen and oxygen atoms in total. The van der Waals surface area contributed by atoms with Gasteiger partial charge in [0.15, 0.2) is 0 Å². The number of hydrogen-bond donors (Lipinski definition) is 3. The first-order chi connectivity index (χ1) is 17.2. The molecule has 1 fully saturated rings. The highest BCUT2D eigenvalue weighted by Gasteiger charge is 2.30. The smallest absolute Gasteiger partial charge is 0.323 e. The normalized spacial score (nSPS) is 15.1. The van der Waals surface area contributed by atoms with Gasteiger partial charge in [0.2, 0.25) is 5.91 Å². The van der Waals surface area contributed by atoms with Crippen LogP contribution >= 0.6 is 0 Å². The Morgan fingerprint density at radius 3 is 2.39 bits per heavy atom. The number of carboxylic acid groups (broad SMARTS) is 1. The molecule has 1 unspecified atom stereocenters. The SMILES string of the molecule is COc1cc(N(C(C)=O)C(C)C2CCN(CCC(=O)O)CC2)ccc1NC(=O)Nc1ccccc1C. The summed E-state index contributed by atoms with van der Waals surface area (Å²) in [7, 11) is 1.53. The van der Waals surface area contributed by atoms with E-state index < -0.39 is 5.97 Å². The van der Waals surface area contributed by atoms with Crippen molar-refractivity contribution in [3.8, 4) is 5.75 Å². The van der Waals surface area contributed by atoms with Gasteiger partial charge in [-0.2, -0.15) is 0 Å². The Balaban J connectivity index is 1.69. The lowest BCUT2D eigenvalue weighted by Crippen LogP contribution is -2.46. The molecule has 1 atom stereocenters. The zero-order valence-corrected chi connectivity index (χ0v) is 21.4. The molecular weight excluding hydrogens is 460 g/mol. The maximum atomic E-state index is 12.7. The van der Waals surface area contributed by atoms with Gasteiger partial charge >= 0.3 is 12.0 Å². The Bertz CT molecular complexity index is 1080. The third kappa shape index (κ3) is 6.97. The lowest BCUT2D eigenvalue weighted by molar-refractivity contribution is -0.137. The van der Waals surface area contributed by atoms with Gasteiger partial charge < -0.3 is 30.3 Å². The summed E-state index contributed by atoms with van der Waals surface area (Å²) in [6.07, 6.45) is 1.92. The molecule has 2 aromatic rings. The summed E-state index contributed by atoms with van der Waals surface area (Å²) in [6.45, 7) is 7.70. The van der Waals surface area contributed by atoms with Gasteiger partial charge in [-0.1, -0.05) is 18.2 Å². The number of rotatable bonds is 9. The maximum absolute atomic E-state index is 12.7. The van der Waals surface area contributed by atoms with Crippen LogP contribution in [0.2, 0.25) is 0 Å². The van der Waals surface area contributed by atoms with Crippen LogP contribution in [0.25, 0.3) is 0 Å². The topological polar surface area (TPSA) is 111 Å². The number of likely N-dealkylation sites (tertiary alicyclic amines) is 1. The van der Waals surface area contributed by atoms with E-state index in [1.807, 2.05) is 44.2 Å². The molecule has 2 aromatic carbocycles. The summed E-state index contributed by atoms with van der Waals surface area (Å²) in [4.78, 5) is 40.1. The van der Waals surface area contributed by atoms with E-state index in [-0.39, 0.29) is 24.4 Å². The number of amides is 3. The van der Waals surface area contributed by atoms with Crippen LogP contribution in [-0.2, 0) is 9.59 Å². The minimum absolute atomic E-state index is 0.0445. The average molecular weight is 497 g/mol. The molecule has 3 N–H and O–H groups in total. The van der Waals surface area contributed by atoms with Gasteiger partial charge in [0.1, 0.15) is 5.75 Å². The molecule has 3 amide bonds. The van der Waals surface area contributed by atoms with Gasteiger partial charge in [-0.3, -0.25) is 9.59 Å². The van der Waals surface area contributed by atoms with Crippen molar-refractivity contribution in [2.45, 2.75) is 46.1 Å². The Kier molecular flexibility index (Phi) is 9.30. The molecule has 0 bridgehead atoms.